The smallest absolute Gasteiger partial charge is 0.133 e. The quantitative estimate of drug-likeness (QED) is 0.848. The van der Waals surface area contributed by atoms with Gasteiger partial charge in [-0.2, -0.15) is 0 Å². The van der Waals surface area contributed by atoms with Gasteiger partial charge in [0.25, 0.3) is 0 Å². The van der Waals surface area contributed by atoms with Gasteiger partial charge < -0.3 is 10.1 Å². The molecule has 1 N–H and O–H groups in total. The van der Waals surface area contributed by atoms with Crippen molar-refractivity contribution in [1.82, 2.24) is 9.97 Å². The largest absolute Gasteiger partial charge is 0.384 e. The van der Waals surface area contributed by atoms with Crippen molar-refractivity contribution >= 4 is 5.82 Å². The zero-order valence-electron chi connectivity index (χ0n) is 10.8. The summed E-state index contributed by atoms with van der Waals surface area (Å²) in [5.41, 5.74) is 1.09. The number of rotatable bonds is 4. The molecular weight excluding hydrogens is 202 g/mol. The van der Waals surface area contributed by atoms with E-state index in [9.17, 15) is 0 Å². The van der Waals surface area contributed by atoms with E-state index in [1.54, 1.807) is 7.11 Å². The van der Waals surface area contributed by atoms with Crippen LogP contribution in [0.1, 0.15) is 32.3 Å². The van der Waals surface area contributed by atoms with Gasteiger partial charge in [0.1, 0.15) is 11.6 Å². The molecule has 0 saturated carbocycles. The van der Waals surface area contributed by atoms with E-state index in [-0.39, 0.29) is 5.41 Å². The molecule has 0 fully saturated rings. The maximum atomic E-state index is 5.04. The molecule has 0 bridgehead atoms. The summed E-state index contributed by atoms with van der Waals surface area (Å²) in [5.74, 6) is 1.70. The van der Waals surface area contributed by atoms with Gasteiger partial charge in [-0.25, -0.2) is 9.97 Å². The average molecular weight is 223 g/mol. The molecule has 0 unspecified atom stereocenters. The molecule has 4 nitrogen and oxygen atoms in total. The van der Waals surface area contributed by atoms with E-state index < -0.39 is 0 Å². The van der Waals surface area contributed by atoms with Gasteiger partial charge in [-0.15, -0.1) is 0 Å². The van der Waals surface area contributed by atoms with Crippen molar-refractivity contribution < 1.29 is 4.74 Å². The number of nitrogens with zero attached hydrogens (tertiary/aromatic N) is 2. The highest BCUT2D eigenvalue weighted by Gasteiger charge is 2.17. The molecule has 0 radical (unpaired) electrons. The van der Waals surface area contributed by atoms with Crippen LogP contribution in [0.2, 0.25) is 0 Å². The lowest BCUT2D eigenvalue weighted by atomic mass is 9.92. The number of aromatic nitrogens is 2. The van der Waals surface area contributed by atoms with Gasteiger partial charge in [0.2, 0.25) is 0 Å². The SMILES string of the molecule is CNc1cc(C(C)(C)C)nc(CCOC)n1. The Morgan fingerprint density at radius 1 is 1.31 bits per heavy atom. The van der Waals surface area contributed by atoms with Crippen LogP contribution in [0.15, 0.2) is 6.07 Å². The average Bonchev–Trinajstić information content (AvgIpc) is 2.24. The third kappa shape index (κ3) is 3.45. The lowest BCUT2D eigenvalue weighted by molar-refractivity contribution is 0.200. The summed E-state index contributed by atoms with van der Waals surface area (Å²) in [5, 5.41) is 3.06. The van der Waals surface area contributed by atoms with Gasteiger partial charge in [-0.3, -0.25) is 0 Å². The van der Waals surface area contributed by atoms with E-state index in [2.05, 4.69) is 36.1 Å². The summed E-state index contributed by atoms with van der Waals surface area (Å²) >= 11 is 0. The maximum absolute atomic E-state index is 5.04. The van der Waals surface area contributed by atoms with Gasteiger partial charge in [-0.05, 0) is 0 Å². The number of hydrogen-bond acceptors (Lipinski definition) is 4. The predicted octanol–water partition coefficient (Wildman–Crippen LogP) is 2.00. The van der Waals surface area contributed by atoms with Crippen LogP contribution >= 0.6 is 0 Å². The minimum absolute atomic E-state index is 0.0381. The summed E-state index contributed by atoms with van der Waals surface area (Å²) in [7, 11) is 3.56. The molecule has 0 aliphatic heterocycles. The Morgan fingerprint density at radius 2 is 2.00 bits per heavy atom. The molecule has 0 spiro atoms. The van der Waals surface area contributed by atoms with Crippen LogP contribution in [0, 0.1) is 0 Å². The fraction of sp³-hybridized carbons (Fsp3) is 0.667. The van der Waals surface area contributed by atoms with Crippen LogP contribution < -0.4 is 5.32 Å². The second kappa shape index (κ2) is 5.25. The molecule has 0 aliphatic rings. The first kappa shape index (κ1) is 12.9. The predicted molar refractivity (Wildman–Crippen MR) is 65.9 cm³/mol. The van der Waals surface area contributed by atoms with E-state index in [1.807, 2.05) is 13.1 Å². The van der Waals surface area contributed by atoms with E-state index in [4.69, 9.17) is 4.74 Å². The monoisotopic (exact) mass is 223 g/mol. The lowest BCUT2D eigenvalue weighted by Gasteiger charge is -2.19. The molecule has 0 amide bonds. The third-order valence-corrected chi connectivity index (χ3v) is 2.33. The first-order chi connectivity index (χ1) is 7.47. The summed E-state index contributed by atoms with van der Waals surface area (Å²) in [6, 6.07) is 2.00. The van der Waals surface area contributed by atoms with Crippen molar-refractivity contribution in [3.05, 3.63) is 17.6 Å². The van der Waals surface area contributed by atoms with Crippen molar-refractivity contribution in [2.45, 2.75) is 32.6 Å². The van der Waals surface area contributed by atoms with Crippen LogP contribution in [-0.2, 0) is 16.6 Å². The first-order valence-electron chi connectivity index (χ1n) is 5.52. The maximum Gasteiger partial charge on any atom is 0.133 e. The molecule has 0 aliphatic carbocycles. The first-order valence-corrected chi connectivity index (χ1v) is 5.52. The minimum atomic E-state index is 0.0381. The van der Waals surface area contributed by atoms with Gasteiger partial charge in [-0.1, -0.05) is 20.8 Å². The van der Waals surface area contributed by atoms with Crippen LogP contribution in [0.4, 0.5) is 5.82 Å². The molecule has 0 atom stereocenters. The van der Waals surface area contributed by atoms with E-state index in [0.29, 0.717) is 6.61 Å². The molecule has 1 aromatic rings. The number of hydrogen-bond donors (Lipinski definition) is 1. The fourth-order valence-electron chi connectivity index (χ4n) is 1.31. The molecule has 1 heterocycles. The normalized spacial score (nSPS) is 11.6. The minimum Gasteiger partial charge on any atom is -0.384 e. The highest BCUT2D eigenvalue weighted by atomic mass is 16.5. The zero-order chi connectivity index (χ0) is 12.2. The Hall–Kier alpha value is -1.16. The summed E-state index contributed by atoms with van der Waals surface area (Å²) in [6.07, 6.45) is 0.745. The Bertz CT molecular complexity index is 345. The fourth-order valence-corrected chi connectivity index (χ4v) is 1.31. The standard InChI is InChI=1S/C12H21N3O/c1-12(2,3)9-8-11(13-4)15-10(14-9)6-7-16-5/h8H,6-7H2,1-5H3,(H,13,14,15). The van der Waals surface area contributed by atoms with Gasteiger partial charge in [0, 0.05) is 32.1 Å². The van der Waals surface area contributed by atoms with Crippen LogP contribution in [0.3, 0.4) is 0 Å². The lowest BCUT2D eigenvalue weighted by Crippen LogP contribution is -2.17. The number of nitrogens with one attached hydrogen (secondary N) is 1. The Morgan fingerprint density at radius 3 is 2.50 bits per heavy atom. The third-order valence-electron chi connectivity index (χ3n) is 2.33. The summed E-state index contributed by atoms with van der Waals surface area (Å²) in [4.78, 5) is 8.96. The molecule has 16 heavy (non-hydrogen) atoms. The van der Waals surface area contributed by atoms with Crippen LogP contribution in [0.5, 0.6) is 0 Å². The van der Waals surface area contributed by atoms with E-state index >= 15 is 0 Å². The van der Waals surface area contributed by atoms with Crippen molar-refractivity contribution in [3.8, 4) is 0 Å². The van der Waals surface area contributed by atoms with Gasteiger partial charge in [0.05, 0.1) is 12.3 Å². The Labute approximate surface area is 97.5 Å². The highest BCUT2D eigenvalue weighted by Crippen LogP contribution is 2.22. The van der Waals surface area contributed by atoms with Crippen molar-refractivity contribution in [3.63, 3.8) is 0 Å². The van der Waals surface area contributed by atoms with E-state index in [0.717, 1.165) is 23.8 Å². The molecule has 90 valence electrons. The summed E-state index contributed by atoms with van der Waals surface area (Å²) < 4.78 is 5.04. The number of ether oxygens (including phenoxy) is 1. The van der Waals surface area contributed by atoms with Crippen molar-refractivity contribution in [2.24, 2.45) is 0 Å². The number of methoxy groups -OCH3 is 1. The molecule has 1 rings (SSSR count). The summed E-state index contributed by atoms with van der Waals surface area (Å²) in [6.45, 7) is 7.09. The van der Waals surface area contributed by atoms with Gasteiger partial charge >= 0.3 is 0 Å². The molecular formula is C12H21N3O. The van der Waals surface area contributed by atoms with Crippen LogP contribution in [0.25, 0.3) is 0 Å². The molecule has 1 aromatic heterocycles. The van der Waals surface area contributed by atoms with Crippen LogP contribution in [-0.4, -0.2) is 30.7 Å². The molecule has 4 heteroatoms. The van der Waals surface area contributed by atoms with Gasteiger partial charge in [0.15, 0.2) is 0 Å². The highest BCUT2D eigenvalue weighted by molar-refractivity contribution is 5.37. The van der Waals surface area contributed by atoms with Crippen molar-refractivity contribution in [1.29, 1.82) is 0 Å². The number of anilines is 1. The zero-order valence-corrected chi connectivity index (χ0v) is 10.8. The van der Waals surface area contributed by atoms with Crippen molar-refractivity contribution in [2.75, 3.05) is 26.1 Å². The Kier molecular flexibility index (Phi) is 4.24. The second-order valence-corrected chi connectivity index (χ2v) is 4.80. The van der Waals surface area contributed by atoms with E-state index in [1.165, 1.54) is 0 Å². The Balaban J connectivity index is 3.01. The molecule has 0 aromatic carbocycles. The topological polar surface area (TPSA) is 47.0 Å². The molecule has 0 saturated heterocycles. The second-order valence-electron chi connectivity index (χ2n) is 4.80.